The minimum absolute atomic E-state index is 0.0189. The molecular formula is C18H18N2O3. The summed E-state index contributed by atoms with van der Waals surface area (Å²) in [5.41, 5.74) is 1.57. The first kappa shape index (κ1) is 15.2. The summed E-state index contributed by atoms with van der Waals surface area (Å²) in [5, 5.41) is 0. The molecule has 0 spiro atoms. The van der Waals surface area contributed by atoms with Gasteiger partial charge in [0.05, 0.1) is 5.92 Å². The van der Waals surface area contributed by atoms with Gasteiger partial charge in [0, 0.05) is 30.9 Å². The van der Waals surface area contributed by atoms with Gasteiger partial charge >= 0.3 is 0 Å². The maximum atomic E-state index is 12.4. The second kappa shape index (κ2) is 6.60. The fourth-order valence-electron chi connectivity index (χ4n) is 2.44. The number of nitrogens with zero attached hydrogens (tertiary/aromatic N) is 2. The third-order valence-corrected chi connectivity index (χ3v) is 3.96. The Labute approximate surface area is 134 Å². The fraction of sp³-hybridized carbons (Fsp3) is 0.278. The summed E-state index contributed by atoms with van der Waals surface area (Å²) in [6, 6.07) is 13.1. The Balaban J connectivity index is 1.61. The lowest BCUT2D eigenvalue weighted by Gasteiger charge is -2.37. The Hall–Kier alpha value is -2.69. The third kappa shape index (κ3) is 3.56. The lowest BCUT2D eigenvalue weighted by molar-refractivity contribution is -0.124. The van der Waals surface area contributed by atoms with Crippen molar-refractivity contribution in [3.8, 4) is 5.88 Å². The molecule has 1 saturated heterocycles. The molecule has 1 fully saturated rings. The molecule has 5 nitrogen and oxygen atoms in total. The van der Waals surface area contributed by atoms with E-state index in [9.17, 15) is 9.59 Å². The average Bonchev–Trinajstić information content (AvgIpc) is 2.52. The Morgan fingerprint density at radius 3 is 2.65 bits per heavy atom. The van der Waals surface area contributed by atoms with Gasteiger partial charge in [-0.25, -0.2) is 4.98 Å². The summed E-state index contributed by atoms with van der Waals surface area (Å²) in [7, 11) is 0. The lowest BCUT2D eigenvalue weighted by Crippen LogP contribution is -2.52. The van der Waals surface area contributed by atoms with Gasteiger partial charge in [0.1, 0.15) is 12.4 Å². The van der Waals surface area contributed by atoms with Gasteiger partial charge in [-0.05, 0) is 18.6 Å². The van der Waals surface area contributed by atoms with E-state index in [-0.39, 0.29) is 17.6 Å². The number of likely N-dealkylation sites (tertiary alicyclic amines) is 1. The number of ketones is 1. The fourth-order valence-corrected chi connectivity index (χ4v) is 2.44. The first-order valence-electron chi connectivity index (χ1n) is 7.56. The van der Waals surface area contributed by atoms with Crippen LogP contribution in [0.15, 0.2) is 48.7 Å². The Morgan fingerprint density at radius 1 is 1.22 bits per heavy atom. The molecule has 0 aliphatic carbocycles. The SMILES string of the molecule is CC(=O)C1CN(C(=O)c2ccnc(OCc3ccccc3)c2)C1. The van der Waals surface area contributed by atoms with E-state index >= 15 is 0 Å². The van der Waals surface area contributed by atoms with E-state index in [0.29, 0.717) is 31.1 Å². The Morgan fingerprint density at radius 2 is 1.96 bits per heavy atom. The number of amides is 1. The zero-order valence-corrected chi connectivity index (χ0v) is 12.9. The standard InChI is InChI=1S/C18H18N2O3/c1-13(21)16-10-20(11-16)18(22)15-7-8-19-17(9-15)23-12-14-5-3-2-4-6-14/h2-9,16H,10-12H2,1H3. The van der Waals surface area contributed by atoms with Crippen molar-refractivity contribution in [3.63, 3.8) is 0 Å². The third-order valence-electron chi connectivity index (χ3n) is 3.96. The van der Waals surface area contributed by atoms with E-state index in [2.05, 4.69) is 4.98 Å². The summed E-state index contributed by atoms with van der Waals surface area (Å²) in [5.74, 6) is 0.447. The predicted molar refractivity (Wildman–Crippen MR) is 85.1 cm³/mol. The molecule has 0 saturated carbocycles. The number of benzene rings is 1. The molecular weight excluding hydrogens is 292 g/mol. The molecule has 0 atom stereocenters. The quantitative estimate of drug-likeness (QED) is 0.850. The highest BCUT2D eigenvalue weighted by atomic mass is 16.5. The van der Waals surface area contributed by atoms with Gasteiger partial charge in [-0.15, -0.1) is 0 Å². The second-order valence-electron chi connectivity index (χ2n) is 5.67. The normalized spacial score (nSPS) is 14.2. The van der Waals surface area contributed by atoms with Gasteiger partial charge in [0.15, 0.2) is 0 Å². The molecule has 0 radical (unpaired) electrons. The van der Waals surface area contributed by atoms with Crippen LogP contribution in [-0.2, 0) is 11.4 Å². The average molecular weight is 310 g/mol. The molecule has 0 N–H and O–H groups in total. The topological polar surface area (TPSA) is 59.5 Å². The zero-order valence-electron chi connectivity index (χ0n) is 12.9. The predicted octanol–water partition coefficient (Wildman–Crippen LogP) is 2.32. The molecule has 2 aromatic rings. The number of pyridine rings is 1. The van der Waals surface area contributed by atoms with E-state index in [1.54, 1.807) is 30.2 Å². The summed E-state index contributed by atoms with van der Waals surface area (Å²) < 4.78 is 5.64. The molecule has 0 bridgehead atoms. The highest BCUT2D eigenvalue weighted by molar-refractivity contribution is 5.96. The van der Waals surface area contributed by atoms with Crippen molar-refractivity contribution in [1.82, 2.24) is 9.88 Å². The summed E-state index contributed by atoms with van der Waals surface area (Å²) in [4.78, 5) is 29.4. The maximum absolute atomic E-state index is 12.4. The van der Waals surface area contributed by atoms with Gasteiger partial charge in [0.25, 0.3) is 5.91 Å². The summed E-state index contributed by atoms with van der Waals surface area (Å²) in [6.07, 6.45) is 1.57. The summed E-state index contributed by atoms with van der Waals surface area (Å²) in [6.45, 7) is 2.96. The van der Waals surface area contributed by atoms with Crippen molar-refractivity contribution < 1.29 is 14.3 Å². The maximum Gasteiger partial charge on any atom is 0.254 e. The first-order valence-corrected chi connectivity index (χ1v) is 7.56. The van der Waals surface area contributed by atoms with Crippen molar-refractivity contribution in [3.05, 3.63) is 59.8 Å². The Bertz CT molecular complexity index is 709. The summed E-state index contributed by atoms with van der Waals surface area (Å²) >= 11 is 0. The van der Waals surface area contributed by atoms with Crippen molar-refractivity contribution in [2.24, 2.45) is 5.92 Å². The van der Waals surface area contributed by atoms with Crippen molar-refractivity contribution in [1.29, 1.82) is 0 Å². The highest BCUT2D eigenvalue weighted by Crippen LogP contribution is 2.21. The van der Waals surface area contributed by atoms with Crippen LogP contribution in [0.1, 0.15) is 22.8 Å². The minimum Gasteiger partial charge on any atom is -0.473 e. The molecule has 1 aromatic carbocycles. The van der Waals surface area contributed by atoms with Gasteiger partial charge in [0.2, 0.25) is 5.88 Å². The molecule has 1 aromatic heterocycles. The Kier molecular flexibility index (Phi) is 4.37. The number of ether oxygens (including phenoxy) is 1. The molecule has 2 heterocycles. The number of carbonyl (C=O) groups is 2. The van der Waals surface area contributed by atoms with Crippen molar-refractivity contribution in [2.75, 3.05) is 13.1 Å². The van der Waals surface area contributed by atoms with E-state index in [1.807, 2.05) is 30.3 Å². The van der Waals surface area contributed by atoms with Crippen LogP contribution in [-0.4, -0.2) is 34.7 Å². The molecule has 5 heteroatoms. The van der Waals surface area contributed by atoms with Gasteiger partial charge in [-0.3, -0.25) is 9.59 Å². The van der Waals surface area contributed by atoms with Crippen LogP contribution in [0.2, 0.25) is 0 Å². The van der Waals surface area contributed by atoms with Crippen molar-refractivity contribution in [2.45, 2.75) is 13.5 Å². The van der Waals surface area contributed by atoms with Gasteiger partial charge < -0.3 is 9.64 Å². The smallest absolute Gasteiger partial charge is 0.254 e. The van der Waals surface area contributed by atoms with Crippen LogP contribution in [0.4, 0.5) is 0 Å². The van der Waals surface area contributed by atoms with E-state index in [1.165, 1.54) is 0 Å². The molecule has 1 amide bonds. The molecule has 0 unspecified atom stereocenters. The van der Waals surface area contributed by atoms with Gasteiger partial charge in [-0.2, -0.15) is 0 Å². The van der Waals surface area contributed by atoms with Crippen LogP contribution < -0.4 is 4.74 Å². The van der Waals surface area contributed by atoms with E-state index in [0.717, 1.165) is 5.56 Å². The molecule has 23 heavy (non-hydrogen) atoms. The first-order chi connectivity index (χ1) is 11.1. The minimum atomic E-state index is -0.0885. The van der Waals surface area contributed by atoms with E-state index < -0.39 is 0 Å². The number of rotatable bonds is 5. The van der Waals surface area contributed by atoms with Crippen LogP contribution in [0.5, 0.6) is 5.88 Å². The van der Waals surface area contributed by atoms with Crippen LogP contribution in [0.3, 0.4) is 0 Å². The zero-order chi connectivity index (χ0) is 16.2. The number of hydrogen-bond donors (Lipinski definition) is 0. The van der Waals surface area contributed by atoms with Crippen LogP contribution in [0, 0.1) is 5.92 Å². The monoisotopic (exact) mass is 310 g/mol. The largest absolute Gasteiger partial charge is 0.473 e. The number of hydrogen-bond acceptors (Lipinski definition) is 4. The highest BCUT2D eigenvalue weighted by Gasteiger charge is 2.34. The number of aromatic nitrogens is 1. The molecule has 3 rings (SSSR count). The van der Waals surface area contributed by atoms with Gasteiger partial charge in [-0.1, -0.05) is 30.3 Å². The number of Topliss-reactive ketones (excluding diaryl/α,β-unsaturated/α-hetero) is 1. The number of carbonyl (C=O) groups excluding carboxylic acids is 2. The molecule has 118 valence electrons. The van der Waals surface area contributed by atoms with Crippen LogP contribution >= 0.6 is 0 Å². The second-order valence-corrected chi connectivity index (χ2v) is 5.67. The molecule has 1 aliphatic rings. The van der Waals surface area contributed by atoms with E-state index in [4.69, 9.17) is 4.74 Å². The lowest BCUT2D eigenvalue weighted by atomic mass is 9.95. The van der Waals surface area contributed by atoms with Crippen molar-refractivity contribution >= 4 is 11.7 Å². The van der Waals surface area contributed by atoms with Crippen LogP contribution in [0.25, 0.3) is 0 Å². The molecule has 1 aliphatic heterocycles.